The van der Waals surface area contributed by atoms with Crippen LogP contribution in [0.2, 0.25) is 0 Å². The van der Waals surface area contributed by atoms with Crippen LogP contribution in [0.5, 0.6) is 0 Å². The standard InChI is InChI=1S/C20H34N2S/c1-7-14-22(9-3)19-21-18(16(5)23-19)17-12-10-11-13-20(6,8-2)15(17)4/h10-12,15-16,18H,7-9,13-14H2,1-6H3. The first-order chi connectivity index (χ1) is 11.0. The van der Waals surface area contributed by atoms with Crippen LogP contribution in [0.4, 0.5) is 0 Å². The summed E-state index contributed by atoms with van der Waals surface area (Å²) in [6, 6.07) is 0.338. The molecular formula is C20H34N2S. The molecule has 0 fully saturated rings. The van der Waals surface area contributed by atoms with Crippen molar-refractivity contribution in [2.75, 3.05) is 13.1 Å². The minimum atomic E-state index is 0.338. The smallest absolute Gasteiger partial charge is 0.160 e. The summed E-state index contributed by atoms with van der Waals surface area (Å²) >= 11 is 1.97. The van der Waals surface area contributed by atoms with Crippen molar-refractivity contribution in [3.05, 3.63) is 23.8 Å². The summed E-state index contributed by atoms with van der Waals surface area (Å²) in [6.07, 6.45) is 10.5. The van der Waals surface area contributed by atoms with E-state index in [0.29, 0.717) is 22.6 Å². The van der Waals surface area contributed by atoms with E-state index in [-0.39, 0.29) is 0 Å². The lowest BCUT2D eigenvalue weighted by atomic mass is 9.69. The van der Waals surface area contributed by atoms with Crippen LogP contribution in [0.3, 0.4) is 0 Å². The lowest BCUT2D eigenvalue weighted by molar-refractivity contribution is 0.221. The first kappa shape index (κ1) is 18.6. The molecule has 0 amide bonds. The van der Waals surface area contributed by atoms with E-state index in [1.807, 2.05) is 11.8 Å². The average Bonchev–Trinajstić information content (AvgIpc) is 2.86. The number of rotatable bonds is 5. The molecule has 3 heteroatoms. The second-order valence-electron chi connectivity index (χ2n) is 7.29. The summed E-state index contributed by atoms with van der Waals surface area (Å²) in [6.45, 7) is 16.2. The number of thioether (sulfide) groups is 1. The van der Waals surface area contributed by atoms with Gasteiger partial charge in [0.2, 0.25) is 0 Å². The normalized spacial score (nSPS) is 34.1. The summed E-state index contributed by atoms with van der Waals surface area (Å²) in [5.41, 5.74) is 1.89. The highest BCUT2D eigenvalue weighted by Gasteiger charge is 2.39. The van der Waals surface area contributed by atoms with E-state index in [9.17, 15) is 0 Å². The molecule has 2 rings (SSSR count). The third-order valence-electron chi connectivity index (χ3n) is 5.83. The molecule has 4 unspecified atom stereocenters. The summed E-state index contributed by atoms with van der Waals surface area (Å²) < 4.78 is 0. The van der Waals surface area contributed by atoms with Gasteiger partial charge in [0.1, 0.15) is 0 Å². The second kappa shape index (κ2) is 7.92. The zero-order valence-electron chi connectivity index (χ0n) is 15.8. The quantitative estimate of drug-likeness (QED) is 0.658. The first-order valence-corrected chi connectivity index (χ1v) is 10.2. The maximum Gasteiger partial charge on any atom is 0.160 e. The first-order valence-electron chi connectivity index (χ1n) is 9.32. The van der Waals surface area contributed by atoms with Crippen molar-refractivity contribution < 1.29 is 0 Å². The van der Waals surface area contributed by atoms with Gasteiger partial charge in [-0.1, -0.05) is 64.6 Å². The Labute approximate surface area is 147 Å². The fourth-order valence-electron chi connectivity index (χ4n) is 3.69. The SMILES string of the molecule is CCCN(CC)C1=NC(C2=CC=CCC(C)(CC)C2C)C(C)S1. The van der Waals surface area contributed by atoms with Crippen LogP contribution in [0.15, 0.2) is 28.8 Å². The highest BCUT2D eigenvalue weighted by atomic mass is 32.2. The Morgan fingerprint density at radius 3 is 2.65 bits per heavy atom. The topological polar surface area (TPSA) is 15.6 Å². The molecule has 23 heavy (non-hydrogen) atoms. The Morgan fingerprint density at radius 2 is 2.04 bits per heavy atom. The van der Waals surface area contributed by atoms with Gasteiger partial charge in [-0.2, -0.15) is 0 Å². The van der Waals surface area contributed by atoms with Gasteiger partial charge in [0.05, 0.1) is 6.04 Å². The molecular weight excluding hydrogens is 300 g/mol. The van der Waals surface area contributed by atoms with Crippen LogP contribution < -0.4 is 0 Å². The molecule has 0 saturated heterocycles. The molecule has 1 aliphatic heterocycles. The van der Waals surface area contributed by atoms with Crippen molar-refractivity contribution in [2.24, 2.45) is 16.3 Å². The van der Waals surface area contributed by atoms with Gasteiger partial charge in [0, 0.05) is 18.3 Å². The molecule has 2 aliphatic rings. The molecule has 1 heterocycles. The van der Waals surface area contributed by atoms with Gasteiger partial charge in [0.25, 0.3) is 0 Å². The van der Waals surface area contributed by atoms with E-state index in [2.05, 4.69) is 64.7 Å². The molecule has 2 nitrogen and oxygen atoms in total. The largest absolute Gasteiger partial charge is 0.352 e. The van der Waals surface area contributed by atoms with Gasteiger partial charge in [-0.15, -0.1) is 0 Å². The molecule has 0 saturated carbocycles. The minimum absolute atomic E-state index is 0.338. The van der Waals surface area contributed by atoms with E-state index in [0.717, 1.165) is 13.1 Å². The predicted octanol–water partition coefficient (Wildman–Crippen LogP) is 5.52. The Kier molecular flexibility index (Phi) is 6.41. The fourth-order valence-corrected chi connectivity index (χ4v) is 4.91. The zero-order chi connectivity index (χ0) is 17.0. The summed E-state index contributed by atoms with van der Waals surface area (Å²) in [5.74, 6) is 0.583. The number of allylic oxidation sites excluding steroid dienone is 3. The predicted molar refractivity (Wildman–Crippen MR) is 105 cm³/mol. The van der Waals surface area contributed by atoms with Crippen LogP contribution >= 0.6 is 11.8 Å². The summed E-state index contributed by atoms with van der Waals surface area (Å²) in [4.78, 5) is 7.62. The van der Waals surface area contributed by atoms with E-state index in [1.54, 1.807) is 0 Å². The average molecular weight is 335 g/mol. The molecule has 0 aromatic rings. The minimum Gasteiger partial charge on any atom is -0.352 e. The molecule has 0 radical (unpaired) electrons. The van der Waals surface area contributed by atoms with Gasteiger partial charge in [-0.3, -0.25) is 4.99 Å². The highest BCUT2D eigenvalue weighted by Crippen LogP contribution is 2.45. The van der Waals surface area contributed by atoms with Crippen molar-refractivity contribution in [2.45, 2.75) is 72.1 Å². The third kappa shape index (κ3) is 3.87. The number of nitrogens with zero attached hydrogens (tertiary/aromatic N) is 2. The monoisotopic (exact) mass is 334 g/mol. The van der Waals surface area contributed by atoms with Crippen LogP contribution in [0.1, 0.15) is 60.8 Å². The number of hydrogen-bond acceptors (Lipinski definition) is 3. The lowest BCUT2D eigenvalue weighted by Crippen LogP contribution is -2.31. The summed E-state index contributed by atoms with van der Waals surface area (Å²) in [5, 5.41) is 1.79. The molecule has 130 valence electrons. The van der Waals surface area contributed by atoms with E-state index in [4.69, 9.17) is 4.99 Å². The van der Waals surface area contributed by atoms with Crippen LogP contribution in [-0.4, -0.2) is 34.4 Å². The zero-order valence-corrected chi connectivity index (χ0v) is 16.6. The van der Waals surface area contributed by atoms with Crippen LogP contribution in [0, 0.1) is 11.3 Å². The van der Waals surface area contributed by atoms with Gasteiger partial charge in [-0.05, 0) is 43.1 Å². The molecule has 0 aromatic carbocycles. The van der Waals surface area contributed by atoms with Crippen molar-refractivity contribution in [3.8, 4) is 0 Å². The second-order valence-corrected chi connectivity index (χ2v) is 8.63. The van der Waals surface area contributed by atoms with Gasteiger partial charge in [0.15, 0.2) is 5.17 Å². The summed E-state index contributed by atoms with van der Waals surface area (Å²) in [7, 11) is 0. The van der Waals surface area contributed by atoms with Crippen LogP contribution in [0.25, 0.3) is 0 Å². The molecule has 1 aliphatic carbocycles. The molecule has 0 spiro atoms. The highest BCUT2D eigenvalue weighted by molar-refractivity contribution is 8.14. The Morgan fingerprint density at radius 1 is 1.30 bits per heavy atom. The van der Waals surface area contributed by atoms with E-state index >= 15 is 0 Å². The van der Waals surface area contributed by atoms with Gasteiger partial charge >= 0.3 is 0 Å². The van der Waals surface area contributed by atoms with Crippen LogP contribution in [-0.2, 0) is 0 Å². The number of hydrogen-bond donors (Lipinski definition) is 0. The Bertz CT molecular complexity index is 494. The van der Waals surface area contributed by atoms with E-state index < -0.39 is 0 Å². The number of aliphatic imine (C=N–C) groups is 1. The Balaban J connectivity index is 2.27. The molecule has 0 N–H and O–H groups in total. The molecule has 0 aromatic heterocycles. The molecule has 0 bridgehead atoms. The lowest BCUT2D eigenvalue weighted by Gasteiger charge is -2.36. The Hall–Kier alpha value is -0.700. The maximum absolute atomic E-state index is 5.18. The van der Waals surface area contributed by atoms with Crippen molar-refractivity contribution in [1.29, 1.82) is 0 Å². The van der Waals surface area contributed by atoms with Gasteiger partial charge in [-0.25, -0.2) is 0 Å². The third-order valence-corrected chi connectivity index (χ3v) is 7.04. The van der Waals surface area contributed by atoms with Gasteiger partial charge < -0.3 is 4.90 Å². The fraction of sp³-hybridized carbons (Fsp3) is 0.750. The molecule has 4 atom stereocenters. The maximum atomic E-state index is 5.18. The van der Waals surface area contributed by atoms with Crippen molar-refractivity contribution in [3.63, 3.8) is 0 Å². The van der Waals surface area contributed by atoms with Crippen molar-refractivity contribution in [1.82, 2.24) is 4.90 Å². The van der Waals surface area contributed by atoms with E-state index in [1.165, 1.54) is 30.0 Å². The number of amidine groups is 1. The van der Waals surface area contributed by atoms with Crippen molar-refractivity contribution >= 4 is 16.9 Å².